The molecule has 0 saturated heterocycles. The molecule has 0 atom stereocenters. The van der Waals surface area contributed by atoms with Crippen LogP contribution in [0.5, 0.6) is 0 Å². The van der Waals surface area contributed by atoms with Crippen molar-refractivity contribution in [3.63, 3.8) is 0 Å². The van der Waals surface area contributed by atoms with Gasteiger partial charge in [-0.3, -0.25) is 4.72 Å². The largest absolute Gasteiger partial charge is 0.315 e. The second kappa shape index (κ2) is 5.86. The van der Waals surface area contributed by atoms with Gasteiger partial charge in [0.1, 0.15) is 15.8 Å². The Kier molecular flexibility index (Phi) is 4.36. The Bertz CT molecular complexity index is 694. The van der Waals surface area contributed by atoms with Crippen molar-refractivity contribution in [2.45, 2.75) is 10.8 Å². The Hall–Kier alpha value is -1.51. The van der Waals surface area contributed by atoms with Crippen LogP contribution in [0.1, 0.15) is 4.88 Å². The zero-order valence-corrected chi connectivity index (χ0v) is 12.1. The third-order valence-corrected chi connectivity index (χ3v) is 5.33. The molecule has 1 heterocycles. The van der Waals surface area contributed by atoms with Gasteiger partial charge in [-0.1, -0.05) is 0 Å². The number of sulfonamides is 1. The van der Waals surface area contributed by atoms with E-state index in [-0.39, 0.29) is 9.90 Å². The maximum atomic E-state index is 13.0. The van der Waals surface area contributed by atoms with E-state index < -0.39 is 21.7 Å². The summed E-state index contributed by atoms with van der Waals surface area (Å²) in [6, 6.07) is 5.65. The van der Waals surface area contributed by atoms with Gasteiger partial charge in [-0.15, -0.1) is 11.3 Å². The lowest BCUT2D eigenvalue weighted by atomic mass is 10.3. The third kappa shape index (κ3) is 3.53. The molecule has 0 aliphatic rings. The number of halogens is 2. The van der Waals surface area contributed by atoms with E-state index in [1.165, 1.54) is 6.07 Å². The molecule has 0 aliphatic heterocycles. The van der Waals surface area contributed by atoms with E-state index in [4.69, 9.17) is 0 Å². The Morgan fingerprint density at radius 1 is 1.15 bits per heavy atom. The van der Waals surface area contributed by atoms with Crippen LogP contribution in [0.15, 0.2) is 34.5 Å². The van der Waals surface area contributed by atoms with Gasteiger partial charge >= 0.3 is 0 Å². The number of anilines is 1. The summed E-state index contributed by atoms with van der Waals surface area (Å²) in [5.41, 5.74) is -0.147. The molecule has 108 valence electrons. The van der Waals surface area contributed by atoms with Crippen LogP contribution < -0.4 is 10.0 Å². The molecule has 2 aromatic rings. The molecule has 4 nitrogen and oxygen atoms in total. The smallest absolute Gasteiger partial charge is 0.271 e. The van der Waals surface area contributed by atoms with E-state index in [0.717, 1.165) is 28.3 Å². The second-order valence-corrected chi connectivity index (χ2v) is 7.09. The normalized spacial score (nSPS) is 11.6. The minimum Gasteiger partial charge on any atom is -0.315 e. The number of benzene rings is 1. The van der Waals surface area contributed by atoms with Crippen LogP contribution in [0.4, 0.5) is 14.5 Å². The Balaban J connectivity index is 2.25. The molecular weight excluding hydrogens is 306 g/mol. The average Bonchev–Trinajstić information content (AvgIpc) is 2.76. The van der Waals surface area contributed by atoms with Crippen molar-refractivity contribution >= 4 is 27.0 Å². The van der Waals surface area contributed by atoms with Crippen LogP contribution in [0.25, 0.3) is 0 Å². The number of hydrogen-bond acceptors (Lipinski definition) is 4. The van der Waals surface area contributed by atoms with Gasteiger partial charge in [-0.05, 0) is 31.3 Å². The van der Waals surface area contributed by atoms with Crippen molar-refractivity contribution in [2.75, 3.05) is 11.8 Å². The average molecular weight is 318 g/mol. The number of nitrogens with one attached hydrogen (secondary N) is 2. The fraction of sp³-hybridized carbons (Fsp3) is 0.167. The van der Waals surface area contributed by atoms with Crippen LogP contribution in [-0.2, 0) is 16.6 Å². The molecule has 2 N–H and O–H groups in total. The van der Waals surface area contributed by atoms with Crippen LogP contribution in [0, 0.1) is 11.6 Å². The topological polar surface area (TPSA) is 58.2 Å². The Labute approximate surface area is 119 Å². The van der Waals surface area contributed by atoms with Gasteiger partial charge in [0, 0.05) is 17.5 Å². The summed E-state index contributed by atoms with van der Waals surface area (Å²) in [6.45, 7) is 0.550. The number of hydrogen-bond donors (Lipinski definition) is 2. The molecular formula is C12H12F2N2O2S2. The first kappa shape index (κ1) is 14.9. The van der Waals surface area contributed by atoms with Gasteiger partial charge in [-0.25, -0.2) is 17.2 Å². The molecule has 0 bridgehead atoms. The predicted octanol–water partition coefficient (Wildman–Crippen LogP) is 2.55. The Morgan fingerprint density at radius 2 is 1.80 bits per heavy atom. The van der Waals surface area contributed by atoms with Crippen LogP contribution in [0.3, 0.4) is 0 Å². The van der Waals surface area contributed by atoms with Crippen molar-refractivity contribution in [1.82, 2.24) is 5.32 Å². The summed E-state index contributed by atoms with van der Waals surface area (Å²) in [5.74, 6) is -1.69. The molecule has 8 heteroatoms. The van der Waals surface area contributed by atoms with Crippen molar-refractivity contribution in [3.8, 4) is 0 Å². The monoisotopic (exact) mass is 318 g/mol. The highest BCUT2D eigenvalue weighted by Gasteiger charge is 2.17. The lowest BCUT2D eigenvalue weighted by Gasteiger charge is -2.06. The lowest BCUT2D eigenvalue weighted by Crippen LogP contribution is -2.11. The molecule has 0 fully saturated rings. The standard InChI is InChI=1S/C12H12F2N2O2S2/c1-15-7-11-2-3-12(19-11)20(17,18)16-10-5-8(13)4-9(14)6-10/h2-6,15-16H,7H2,1H3. The van der Waals surface area contributed by atoms with E-state index in [0.29, 0.717) is 12.6 Å². The van der Waals surface area contributed by atoms with Crippen LogP contribution in [0.2, 0.25) is 0 Å². The molecule has 0 saturated carbocycles. The fourth-order valence-corrected chi connectivity index (χ4v) is 4.00. The molecule has 0 radical (unpaired) electrons. The summed E-state index contributed by atoms with van der Waals surface area (Å²) in [4.78, 5) is 0.846. The summed E-state index contributed by atoms with van der Waals surface area (Å²) >= 11 is 1.09. The summed E-state index contributed by atoms with van der Waals surface area (Å²) in [6.07, 6.45) is 0. The number of rotatable bonds is 5. The summed E-state index contributed by atoms with van der Waals surface area (Å²) in [5, 5.41) is 2.91. The molecule has 0 spiro atoms. The third-order valence-electron chi connectivity index (χ3n) is 2.37. The van der Waals surface area contributed by atoms with Crippen molar-refractivity contribution in [2.24, 2.45) is 0 Å². The van der Waals surface area contributed by atoms with E-state index in [1.54, 1.807) is 13.1 Å². The van der Waals surface area contributed by atoms with Gasteiger partial charge in [0.25, 0.3) is 10.0 Å². The summed E-state index contributed by atoms with van der Waals surface area (Å²) in [7, 11) is -2.09. The Morgan fingerprint density at radius 3 is 2.40 bits per heavy atom. The zero-order valence-electron chi connectivity index (χ0n) is 10.5. The highest BCUT2D eigenvalue weighted by Crippen LogP contribution is 2.24. The van der Waals surface area contributed by atoms with Gasteiger partial charge in [0.15, 0.2) is 0 Å². The number of thiophene rings is 1. The molecule has 1 aromatic heterocycles. The molecule has 0 amide bonds. The first-order valence-corrected chi connectivity index (χ1v) is 7.93. The summed E-state index contributed by atoms with van der Waals surface area (Å²) < 4.78 is 52.5. The highest BCUT2D eigenvalue weighted by molar-refractivity contribution is 7.94. The molecule has 0 unspecified atom stereocenters. The predicted molar refractivity (Wildman–Crippen MR) is 74.2 cm³/mol. The van der Waals surface area contributed by atoms with Crippen molar-refractivity contribution < 1.29 is 17.2 Å². The van der Waals surface area contributed by atoms with Crippen molar-refractivity contribution in [1.29, 1.82) is 0 Å². The van der Waals surface area contributed by atoms with Gasteiger partial charge in [-0.2, -0.15) is 0 Å². The first-order chi connectivity index (χ1) is 9.40. The van der Waals surface area contributed by atoms with E-state index in [1.807, 2.05) is 0 Å². The van der Waals surface area contributed by atoms with Crippen LogP contribution >= 0.6 is 11.3 Å². The second-order valence-electron chi connectivity index (χ2n) is 4.01. The fourth-order valence-electron chi connectivity index (χ4n) is 1.59. The molecule has 2 rings (SSSR count). The maximum absolute atomic E-state index is 13.0. The minimum absolute atomic E-state index is 0.0902. The van der Waals surface area contributed by atoms with Gasteiger partial charge in [0.05, 0.1) is 5.69 Å². The SMILES string of the molecule is CNCc1ccc(S(=O)(=O)Nc2cc(F)cc(F)c2)s1. The van der Waals surface area contributed by atoms with E-state index in [9.17, 15) is 17.2 Å². The molecule has 1 aromatic carbocycles. The maximum Gasteiger partial charge on any atom is 0.271 e. The quantitative estimate of drug-likeness (QED) is 0.891. The lowest BCUT2D eigenvalue weighted by molar-refractivity contribution is 0.584. The highest BCUT2D eigenvalue weighted by atomic mass is 32.2. The molecule has 0 aliphatic carbocycles. The zero-order chi connectivity index (χ0) is 14.8. The van der Waals surface area contributed by atoms with E-state index >= 15 is 0 Å². The van der Waals surface area contributed by atoms with Gasteiger partial charge < -0.3 is 5.32 Å². The van der Waals surface area contributed by atoms with Gasteiger partial charge in [0.2, 0.25) is 0 Å². The first-order valence-electron chi connectivity index (χ1n) is 5.63. The molecule has 20 heavy (non-hydrogen) atoms. The van der Waals surface area contributed by atoms with E-state index in [2.05, 4.69) is 10.0 Å². The van der Waals surface area contributed by atoms with Crippen LogP contribution in [-0.4, -0.2) is 15.5 Å². The van der Waals surface area contributed by atoms with Crippen molar-refractivity contribution in [3.05, 3.63) is 46.8 Å². The minimum atomic E-state index is -3.84.